The van der Waals surface area contributed by atoms with E-state index >= 15 is 0 Å². The topological polar surface area (TPSA) is 101 Å². The van der Waals surface area contributed by atoms with Crippen LogP contribution in [0.15, 0.2) is 87.4 Å². The largest absolute Gasteiger partial charge is 0.491 e. The van der Waals surface area contributed by atoms with E-state index < -0.39 is 23.7 Å². The van der Waals surface area contributed by atoms with Crippen molar-refractivity contribution in [1.29, 1.82) is 0 Å². The van der Waals surface area contributed by atoms with Crippen LogP contribution < -0.4 is 9.64 Å². The molecule has 0 aromatic heterocycles. The van der Waals surface area contributed by atoms with Crippen molar-refractivity contribution in [2.45, 2.75) is 25.7 Å². The highest BCUT2D eigenvalue weighted by molar-refractivity contribution is 9.10. The summed E-state index contributed by atoms with van der Waals surface area (Å²) in [6.07, 6.45) is 3.95. The fourth-order valence-electron chi connectivity index (χ4n) is 6.57. The van der Waals surface area contributed by atoms with Gasteiger partial charge in [-0.15, -0.1) is 0 Å². The number of allylic oxidation sites excluding steroid dienone is 6. The van der Waals surface area contributed by atoms with Gasteiger partial charge >= 0.3 is 0 Å². The number of aliphatic hydroxyl groups excluding tert-OH is 1. The van der Waals surface area contributed by atoms with Gasteiger partial charge in [-0.25, -0.2) is 0 Å². The van der Waals surface area contributed by atoms with Crippen LogP contribution in [0.5, 0.6) is 5.75 Å². The SMILES string of the molecule is CC1=CC(=O)C2=C(C1=O)[C@@H](c1ccccc1OCCO)C1=CC[C@@H]3C(=O)N(c4ccc(Br)cc4)C(=O)[C@@H]3[C@@H]1C2. The number of Topliss-reactive ketones (excluding diaryl/α,β-unsaturated/α-hetero) is 1. The Bertz CT molecular complexity index is 1520. The second-order valence-electron chi connectivity index (χ2n) is 10.3. The van der Waals surface area contributed by atoms with E-state index in [0.29, 0.717) is 40.1 Å². The number of carbonyl (C=O) groups is 4. The average Bonchev–Trinajstić information content (AvgIpc) is 3.20. The molecule has 198 valence electrons. The van der Waals surface area contributed by atoms with Gasteiger partial charge in [-0.05, 0) is 62.1 Å². The molecule has 0 unspecified atom stereocenters. The van der Waals surface area contributed by atoms with Gasteiger partial charge in [0.1, 0.15) is 12.4 Å². The fourth-order valence-corrected chi connectivity index (χ4v) is 6.83. The lowest BCUT2D eigenvalue weighted by molar-refractivity contribution is -0.123. The maximum absolute atomic E-state index is 13.9. The molecule has 0 saturated carbocycles. The monoisotopic (exact) mass is 587 g/mol. The van der Waals surface area contributed by atoms with Crippen LogP contribution in [0.4, 0.5) is 5.69 Å². The molecule has 2 aromatic rings. The Labute approximate surface area is 234 Å². The number of para-hydroxylation sites is 1. The Hall–Kier alpha value is -3.62. The van der Waals surface area contributed by atoms with E-state index in [2.05, 4.69) is 15.9 Å². The quantitative estimate of drug-likeness (QED) is 0.315. The highest BCUT2D eigenvalue weighted by atomic mass is 79.9. The van der Waals surface area contributed by atoms with Crippen molar-refractivity contribution in [2.75, 3.05) is 18.1 Å². The molecule has 6 rings (SSSR count). The number of aliphatic hydroxyl groups is 1. The number of imide groups is 1. The first-order chi connectivity index (χ1) is 18.8. The summed E-state index contributed by atoms with van der Waals surface area (Å²) in [4.78, 5) is 55.6. The normalized spacial score (nSPS) is 26.2. The number of carbonyl (C=O) groups excluding carboxylic acids is 4. The second-order valence-corrected chi connectivity index (χ2v) is 11.2. The molecule has 0 bridgehead atoms. The van der Waals surface area contributed by atoms with Crippen LogP contribution in [-0.2, 0) is 19.2 Å². The van der Waals surface area contributed by atoms with Gasteiger partial charge in [-0.3, -0.25) is 24.1 Å². The van der Waals surface area contributed by atoms with Crippen molar-refractivity contribution < 1.29 is 29.0 Å². The number of benzene rings is 2. The van der Waals surface area contributed by atoms with Crippen LogP contribution in [0.1, 0.15) is 31.2 Å². The summed E-state index contributed by atoms with van der Waals surface area (Å²) < 4.78 is 6.69. The predicted octanol–water partition coefficient (Wildman–Crippen LogP) is 4.45. The van der Waals surface area contributed by atoms with Gasteiger partial charge in [0.2, 0.25) is 11.8 Å². The van der Waals surface area contributed by atoms with E-state index in [1.54, 1.807) is 37.3 Å². The molecule has 1 fully saturated rings. The number of rotatable bonds is 5. The van der Waals surface area contributed by atoms with Crippen molar-refractivity contribution in [3.63, 3.8) is 0 Å². The zero-order chi connectivity index (χ0) is 27.4. The number of halogens is 1. The van der Waals surface area contributed by atoms with Gasteiger partial charge in [0.15, 0.2) is 11.6 Å². The zero-order valence-electron chi connectivity index (χ0n) is 21.2. The van der Waals surface area contributed by atoms with Crippen LogP contribution in [0.25, 0.3) is 0 Å². The van der Waals surface area contributed by atoms with Gasteiger partial charge < -0.3 is 9.84 Å². The summed E-state index contributed by atoms with van der Waals surface area (Å²) in [6, 6.07) is 14.3. The molecule has 1 N–H and O–H groups in total. The van der Waals surface area contributed by atoms with Gasteiger partial charge in [0.05, 0.1) is 24.1 Å². The molecule has 1 saturated heterocycles. The molecule has 7 nitrogen and oxygen atoms in total. The first kappa shape index (κ1) is 25.6. The third kappa shape index (κ3) is 4.05. The molecule has 2 aromatic carbocycles. The molecule has 8 heteroatoms. The minimum absolute atomic E-state index is 0.0732. The number of nitrogens with zero attached hydrogens (tertiary/aromatic N) is 1. The van der Waals surface area contributed by atoms with Crippen LogP contribution in [0.2, 0.25) is 0 Å². The van der Waals surface area contributed by atoms with E-state index in [9.17, 15) is 24.3 Å². The maximum Gasteiger partial charge on any atom is 0.238 e. The summed E-state index contributed by atoms with van der Waals surface area (Å²) in [5.41, 5.74) is 3.27. The number of fused-ring (bicyclic) bond motifs is 3. The van der Waals surface area contributed by atoms with Crippen molar-refractivity contribution in [1.82, 2.24) is 0 Å². The molecule has 1 heterocycles. The van der Waals surface area contributed by atoms with E-state index in [0.717, 1.165) is 10.0 Å². The number of hydrogen-bond acceptors (Lipinski definition) is 6. The third-order valence-electron chi connectivity index (χ3n) is 8.23. The lowest BCUT2D eigenvalue weighted by atomic mass is 9.59. The highest BCUT2D eigenvalue weighted by Crippen LogP contribution is 2.56. The van der Waals surface area contributed by atoms with Gasteiger partial charge in [-0.2, -0.15) is 0 Å². The Morgan fingerprint density at radius 3 is 2.49 bits per heavy atom. The first-order valence-electron chi connectivity index (χ1n) is 13.0. The van der Waals surface area contributed by atoms with Crippen LogP contribution in [0.3, 0.4) is 0 Å². The molecule has 3 aliphatic carbocycles. The summed E-state index contributed by atoms with van der Waals surface area (Å²) in [5, 5.41) is 9.38. The summed E-state index contributed by atoms with van der Waals surface area (Å²) >= 11 is 3.40. The van der Waals surface area contributed by atoms with Gasteiger partial charge in [0.25, 0.3) is 0 Å². The maximum atomic E-state index is 13.9. The van der Waals surface area contributed by atoms with Crippen LogP contribution in [-0.4, -0.2) is 41.7 Å². The summed E-state index contributed by atoms with van der Waals surface area (Å²) in [6.45, 7) is 1.54. The smallest absolute Gasteiger partial charge is 0.238 e. The van der Waals surface area contributed by atoms with E-state index in [1.807, 2.05) is 24.3 Å². The summed E-state index contributed by atoms with van der Waals surface area (Å²) in [5.74, 6) is -2.64. The van der Waals surface area contributed by atoms with Crippen molar-refractivity contribution in [2.24, 2.45) is 17.8 Å². The summed E-state index contributed by atoms with van der Waals surface area (Å²) in [7, 11) is 0. The number of ether oxygens (including phenoxy) is 1. The molecule has 1 aliphatic heterocycles. The minimum atomic E-state index is -0.641. The minimum Gasteiger partial charge on any atom is -0.491 e. The number of amides is 2. The molecule has 39 heavy (non-hydrogen) atoms. The molecule has 2 amide bonds. The lowest BCUT2D eigenvalue weighted by Crippen LogP contribution is -2.40. The molecular formula is C31H26BrNO6. The van der Waals surface area contributed by atoms with Crippen LogP contribution >= 0.6 is 15.9 Å². The van der Waals surface area contributed by atoms with Gasteiger partial charge in [0, 0.05) is 32.7 Å². The third-order valence-corrected chi connectivity index (χ3v) is 8.76. The Kier molecular flexibility index (Phi) is 6.47. The molecule has 4 aliphatic rings. The number of hydrogen-bond donors (Lipinski definition) is 1. The Morgan fingerprint density at radius 1 is 1.00 bits per heavy atom. The Balaban J connectivity index is 1.48. The number of anilines is 1. The lowest BCUT2D eigenvalue weighted by Gasteiger charge is -2.42. The Morgan fingerprint density at radius 2 is 1.74 bits per heavy atom. The first-order valence-corrected chi connectivity index (χ1v) is 13.8. The van der Waals surface area contributed by atoms with Gasteiger partial charge in [-0.1, -0.05) is 45.8 Å². The fraction of sp³-hybridized carbons (Fsp3) is 0.290. The zero-order valence-corrected chi connectivity index (χ0v) is 22.8. The average molecular weight is 588 g/mol. The molecule has 4 atom stereocenters. The van der Waals surface area contributed by atoms with Crippen molar-refractivity contribution in [3.8, 4) is 5.75 Å². The molecule has 0 radical (unpaired) electrons. The molecular weight excluding hydrogens is 562 g/mol. The molecule has 0 spiro atoms. The van der Waals surface area contributed by atoms with E-state index in [1.165, 1.54) is 11.0 Å². The van der Waals surface area contributed by atoms with E-state index in [4.69, 9.17) is 4.74 Å². The van der Waals surface area contributed by atoms with Crippen LogP contribution in [0, 0.1) is 17.8 Å². The standard InChI is InChI=1S/C31H26BrNO6/c1-16-14-24(35)23-15-22-19(26(28(23)29(16)36)20-4-2-3-5-25(20)39-13-12-34)10-11-21-27(22)31(38)33(30(21)37)18-8-6-17(32)7-9-18/h2-10,14,21-22,26-27,34H,11-13,15H2,1H3/t21-,22+,26+,27-/m0/s1. The second kappa shape index (κ2) is 9.84. The number of ketones is 2. The van der Waals surface area contributed by atoms with Crippen molar-refractivity contribution >= 4 is 45.0 Å². The predicted molar refractivity (Wildman–Crippen MR) is 147 cm³/mol. The van der Waals surface area contributed by atoms with Crippen molar-refractivity contribution in [3.05, 3.63) is 93.0 Å². The van der Waals surface area contributed by atoms with E-state index in [-0.39, 0.29) is 43.0 Å². The highest BCUT2D eigenvalue weighted by Gasteiger charge is 2.56.